The molecule has 0 saturated carbocycles. The molecule has 5 heteroatoms. The van der Waals surface area contributed by atoms with Crippen LogP contribution in [-0.4, -0.2) is 4.98 Å². The van der Waals surface area contributed by atoms with Crippen molar-refractivity contribution in [2.45, 2.75) is 19.4 Å². The number of nitrogens with two attached hydrogens (primary N) is 1. The van der Waals surface area contributed by atoms with Crippen LogP contribution in [0.25, 0.3) is 11.1 Å². The molecule has 0 aliphatic heterocycles. The van der Waals surface area contributed by atoms with Gasteiger partial charge in [0.2, 0.25) is 0 Å². The van der Waals surface area contributed by atoms with E-state index >= 15 is 0 Å². The van der Waals surface area contributed by atoms with Crippen molar-refractivity contribution >= 4 is 38.4 Å². The Bertz CT molecular complexity index is 667. The second-order valence-corrected chi connectivity index (χ2v) is 6.89. The van der Waals surface area contributed by atoms with E-state index in [4.69, 9.17) is 10.2 Å². The van der Waals surface area contributed by atoms with Gasteiger partial charge in [-0.15, -0.1) is 11.3 Å². The highest BCUT2D eigenvalue weighted by molar-refractivity contribution is 9.11. The summed E-state index contributed by atoms with van der Waals surface area (Å²) in [6, 6.07) is 9.79. The third-order valence-electron chi connectivity index (χ3n) is 2.97. The number of rotatable bonds is 3. The zero-order chi connectivity index (χ0) is 13.4. The van der Waals surface area contributed by atoms with E-state index in [1.807, 2.05) is 24.3 Å². The van der Waals surface area contributed by atoms with Gasteiger partial charge in [0.15, 0.2) is 11.5 Å². The summed E-state index contributed by atoms with van der Waals surface area (Å²) in [4.78, 5) is 5.60. The second kappa shape index (κ2) is 5.07. The molecule has 0 amide bonds. The predicted molar refractivity (Wildman–Crippen MR) is 81.4 cm³/mol. The molecule has 0 bridgehead atoms. The van der Waals surface area contributed by atoms with Gasteiger partial charge in [0, 0.05) is 17.3 Å². The normalized spacial score (nSPS) is 13.0. The van der Waals surface area contributed by atoms with Crippen LogP contribution >= 0.6 is 27.3 Å². The molecule has 1 aromatic carbocycles. The quantitative estimate of drug-likeness (QED) is 0.779. The van der Waals surface area contributed by atoms with Crippen molar-refractivity contribution in [3.05, 3.63) is 50.4 Å². The SMILES string of the molecule is Cc1cc(C(N)Cc2nc3ccccc3o2)sc1Br. The Labute approximate surface area is 123 Å². The molecule has 0 saturated heterocycles. The molecule has 1 unspecified atom stereocenters. The van der Waals surface area contributed by atoms with Crippen LogP contribution in [0, 0.1) is 6.92 Å². The van der Waals surface area contributed by atoms with Crippen molar-refractivity contribution in [1.29, 1.82) is 0 Å². The van der Waals surface area contributed by atoms with Crippen molar-refractivity contribution < 1.29 is 4.42 Å². The van der Waals surface area contributed by atoms with Crippen LogP contribution in [0.15, 0.2) is 38.5 Å². The Hall–Kier alpha value is -1.17. The van der Waals surface area contributed by atoms with Gasteiger partial charge in [0.1, 0.15) is 5.52 Å². The maximum atomic E-state index is 6.22. The molecule has 0 fully saturated rings. The molecule has 3 rings (SSSR count). The van der Waals surface area contributed by atoms with Gasteiger partial charge in [-0.05, 0) is 46.6 Å². The first-order valence-electron chi connectivity index (χ1n) is 5.99. The number of thiophene rings is 1. The Morgan fingerprint density at radius 3 is 2.89 bits per heavy atom. The van der Waals surface area contributed by atoms with Crippen LogP contribution in [-0.2, 0) is 6.42 Å². The molecule has 0 radical (unpaired) electrons. The largest absolute Gasteiger partial charge is 0.441 e. The average Bonchev–Trinajstić information content (AvgIpc) is 2.93. The first kappa shape index (κ1) is 12.8. The van der Waals surface area contributed by atoms with E-state index in [2.05, 4.69) is 33.9 Å². The minimum absolute atomic E-state index is 0.0805. The third-order valence-corrected chi connectivity index (χ3v) is 5.24. The molecule has 0 spiro atoms. The highest BCUT2D eigenvalue weighted by Crippen LogP contribution is 2.32. The van der Waals surface area contributed by atoms with E-state index in [0.717, 1.165) is 19.8 Å². The number of benzene rings is 1. The maximum Gasteiger partial charge on any atom is 0.197 e. The molecule has 98 valence electrons. The fourth-order valence-corrected chi connectivity index (χ4v) is 3.53. The van der Waals surface area contributed by atoms with Crippen LogP contribution in [0.1, 0.15) is 22.4 Å². The number of halogens is 1. The standard InChI is InChI=1S/C14H13BrN2OS/c1-8-6-12(19-14(8)15)9(16)7-13-17-10-4-2-3-5-11(10)18-13/h2-6,9H,7,16H2,1H3. The Morgan fingerprint density at radius 1 is 1.42 bits per heavy atom. The summed E-state index contributed by atoms with van der Waals surface area (Å²) < 4.78 is 6.83. The molecule has 19 heavy (non-hydrogen) atoms. The fraction of sp³-hybridized carbons (Fsp3) is 0.214. The van der Waals surface area contributed by atoms with Crippen molar-refractivity contribution in [1.82, 2.24) is 4.98 Å². The molecule has 3 nitrogen and oxygen atoms in total. The van der Waals surface area contributed by atoms with E-state index in [1.54, 1.807) is 11.3 Å². The predicted octanol–water partition coefficient (Wildman–Crippen LogP) is 4.20. The molecule has 2 heterocycles. The van der Waals surface area contributed by atoms with Crippen LogP contribution in [0.4, 0.5) is 0 Å². The van der Waals surface area contributed by atoms with Crippen LogP contribution in [0.2, 0.25) is 0 Å². The lowest BCUT2D eigenvalue weighted by Crippen LogP contribution is -2.11. The molecule has 3 aromatic rings. The summed E-state index contributed by atoms with van der Waals surface area (Å²) >= 11 is 5.19. The highest BCUT2D eigenvalue weighted by atomic mass is 79.9. The summed E-state index contributed by atoms with van der Waals surface area (Å²) in [5.74, 6) is 0.691. The summed E-state index contributed by atoms with van der Waals surface area (Å²) in [6.45, 7) is 2.07. The lowest BCUT2D eigenvalue weighted by atomic mass is 10.1. The number of aromatic nitrogens is 1. The number of hydrogen-bond donors (Lipinski definition) is 1. The highest BCUT2D eigenvalue weighted by Gasteiger charge is 2.15. The van der Waals surface area contributed by atoms with Crippen molar-refractivity contribution in [2.24, 2.45) is 5.73 Å². The van der Waals surface area contributed by atoms with E-state index in [9.17, 15) is 0 Å². The monoisotopic (exact) mass is 336 g/mol. The van der Waals surface area contributed by atoms with Crippen molar-refractivity contribution in [3.63, 3.8) is 0 Å². The topological polar surface area (TPSA) is 52.0 Å². The Kier molecular flexibility index (Phi) is 3.43. The van der Waals surface area contributed by atoms with Gasteiger partial charge in [0.25, 0.3) is 0 Å². The zero-order valence-corrected chi connectivity index (χ0v) is 12.8. The van der Waals surface area contributed by atoms with Gasteiger partial charge >= 0.3 is 0 Å². The molecule has 2 N–H and O–H groups in total. The summed E-state index contributed by atoms with van der Waals surface area (Å²) in [7, 11) is 0. The van der Waals surface area contributed by atoms with Gasteiger partial charge in [0.05, 0.1) is 3.79 Å². The molecular formula is C14H13BrN2OS. The summed E-state index contributed by atoms with van der Waals surface area (Å²) in [6.07, 6.45) is 0.612. The first-order chi connectivity index (χ1) is 9.13. The van der Waals surface area contributed by atoms with E-state index < -0.39 is 0 Å². The molecule has 2 aromatic heterocycles. The summed E-state index contributed by atoms with van der Waals surface area (Å²) in [5, 5.41) is 0. The fourth-order valence-electron chi connectivity index (χ4n) is 1.96. The van der Waals surface area contributed by atoms with Crippen LogP contribution in [0.3, 0.4) is 0 Å². The molecule has 0 aliphatic carbocycles. The minimum Gasteiger partial charge on any atom is -0.441 e. The molecule has 1 atom stereocenters. The first-order valence-corrected chi connectivity index (χ1v) is 7.60. The number of aryl methyl sites for hydroxylation is 1. The molecular weight excluding hydrogens is 324 g/mol. The van der Waals surface area contributed by atoms with Crippen LogP contribution in [0.5, 0.6) is 0 Å². The molecule has 0 aliphatic rings. The van der Waals surface area contributed by atoms with Gasteiger partial charge < -0.3 is 10.2 Å². The van der Waals surface area contributed by atoms with Crippen LogP contribution < -0.4 is 5.73 Å². The van der Waals surface area contributed by atoms with E-state index in [0.29, 0.717) is 12.3 Å². The van der Waals surface area contributed by atoms with Gasteiger partial charge in [-0.1, -0.05) is 12.1 Å². The zero-order valence-electron chi connectivity index (χ0n) is 10.4. The smallest absolute Gasteiger partial charge is 0.197 e. The van der Waals surface area contributed by atoms with Crippen molar-refractivity contribution in [3.8, 4) is 0 Å². The number of oxazole rings is 1. The average molecular weight is 337 g/mol. The number of para-hydroxylation sites is 2. The number of fused-ring (bicyclic) bond motifs is 1. The lowest BCUT2D eigenvalue weighted by molar-refractivity contribution is 0.504. The Morgan fingerprint density at radius 2 is 2.21 bits per heavy atom. The maximum absolute atomic E-state index is 6.22. The van der Waals surface area contributed by atoms with Gasteiger partial charge in [-0.25, -0.2) is 4.98 Å². The van der Waals surface area contributed by atoms with Gasteiger partial charge in [-0.3, -0.25) is 0 Å². The van der Waals surface area contributed by atoms with Gasteiger partial charge in [-0.2, -0.15) is 0 Å². The number of hydrogen-bond acceptors (Lipinski definition) is 4. The van der Waals surface area contributed by atoms with Crippen molar-refractivity contribution in [2.75, 3.05) is 0 Å². The minimum atomic E-state index is -0.0805. The van der Waals surface area contributed by atoms with E-state index in [1.165, 1.54) is 5.56 Å². The second-order valence-electron chi connectivity index (χ2n) is 4.49. The Balaban J connectivity index is 1.84. The third kappa shape index (κ3) is 2.59. The van der Waals surface area contributed by atoms with E-state index in [-0.39, 0.29) is 6.04 Å². The summed E-state index contributed by atoms with van der Waals surface area (Å²) in [5.41, 5.74) is 9.13. The lowest BCUT2D eigenvalue weighted by Gasteiger charge is -2.05. The number of nitrogens with zero attached hydrogens (tertiary/aromatic N) is 1.